The van der Waals surface area contributed by atoms with E-state index in [4.69, 9.17) is 14.2 Å². The fourth-order valence-corrected chi connectivity index (χ4v) is 4.75. The average molecular weight is 511 g/mol. The van der Waals surface area contributed by atoms with Gasteiger partial charge in [-0.05, 0) is 79.1 Å². The number of likely N-dealkylation sites (tertiary alicyclic amines) is 1. The Bertz CT molecular complexity index is 1200. The zero-order valence-electron chi connectivity index (χ0n) is 20.0. The van der Waals surface area contributed by atoms with Crippen LogP contribution in [0, 0.1) is 0 Å². The fraction of sp³-hybridized carbons (Fsp3) is 0.308. The van der Waals surface area contributed by atoms with Crippen LogP contribution in [0.15, 0.2) is 47.4 Å². The number of thioether (sulfide) groups is 1. The van der Waals surface area contributed by atoms with Crippen molar-refractivity contribution in [3.05, 3.63) is 58.5 Å². The van der Waals surface area contributed by atoms with E-state index in [1.807, 2.05) is 0 Å². The quantitative estimate of drug-likeness (QED) is 0.313. The Hall–Kier alpha value is -3.79. The predicted molar refractivity (Wildman–Crippen MR) is 134 cm³/mol. The number of rotatable bonds is 7. The molecule has 0 saturated carbocycles. The number of carbonyl (C=O) groups is 4. The van der Waals surface area contributed by atoms with Crippen molar-refractivity contribution in [2.24, 2.45) is 0 Å². The minimum absolute atomic E-state index is 0.204. The van der Waals surface area contributed by atoms with E-state index in [9.17, 15) is 19.2 Å². The molecule has 2 aromatic rings. The highest BCUT2D eigenvalue weighted by molar-refractivity contribution is 8.18. The SMILES string of the molecule is COc1ccc(C(=O)Oc2ccc(/C=C3\SC(=O)N(CC(=O)N4CCCCC4)C3=O)cc2OC)cc1. The Labute approximate surface area is 213 Å². The van der Waals surface area contributed by atoms with Gasteiger partial charge in [-0.25, -0.2) is 4.79 Å². The molecule has 2 saturated heterocycles. The van der Waals surface area contributed by atoms with Gasteiger partial charge in [-0.2, -0.15) is 0 Å². The van der Waals surface area contributed by atoms with Crippen LogP contribution in [-0.4, -0.2) is 66.7 Å². The molecule has 0 unspecified atom stereocenters. The largest absolute Gasteiger partial charge is 0.497 e. The molecule has 0 bridgehead atoms. The molecule has 4 rings (SSSR count). The normalized spacial score (nSPS) is 16.9. The van der Waals surface area contributed by atoms with Crippen LogP contribution < -0.4 is 14.2 Å². The lowest BCUT2D eigenvalue weighted by atomic mass is 10.1. The second-order valence-corrected chi connectivity index (χ2v) is 9.23. The monoisotopic (exact) mass is 510 g/mol. The minimum atomic E-state index is -0.566. The number of esters is 1. The molecule has 0 aliphatic carbocycles. The molecule has 0 spiro atoms. The molecule has 9 nitrogen and oxygen atoms in total. The number of imide groups is 1. The van der Waals surface area contributed by atoms with Crippen molar-refractivity contribution in [2.45, 2.75) is 19.3 Å². The third-order valence-corrected chi connectivity index (χ3v) is 6.80. The first-order chi connectivity index (χ1) is 17.4. The molecule has 2 heterocycles. The molecule has 0 N–H and O–H groups in total. The third-order valence-electron chi connectivity index (χ3n) is 5.89. The molecular formula is C26H26N2O7S. The summed E-state index contributed by atoms with van der Waals surface area (Å²) < 4.78 is 15.9. The number of carbonyl (C=O) groups excluding carboxylic acids is 4. The van der Waals surface area contributed by atoms with Crippen LogP contribution in [0.5, 0.6) is 17.2 Å². The summed E-state index contributed by atoms with van der Waals surface area (Å²) in [6.07, 6.45) is 4.49. The van der Waals surface area contributed by atoms with Crippen LogP contribution >= 0.6 is 11.8 Å². The van der Waals surface area contributed by atoms with E-state index in [1.54, 1.807) is 53.4 Å². The summed E-state index contributed by atoms with van der Waals surface area (Å²) in [4.78, 5) is 53.2. The number of methoxy groups -OCH3 is 2. The Balaban J connectivity index is 1.45. The van der Waals surface area contributed by atoms with Gasteiger partial charge in [-0.3, -0.25) is 19.3 Å². The van der Waals surface area contributed by atoms with Crippen LogP contribution in [0.3, 0.4) is 0 Å². The molecule has 36 heavy (non-hydrogen) atoms. The van der Waals surface area contributed by atoms with Crippen molar-refractivity contribution >= 4 is 40.9 Å². The van der Waals surface area contributed by atoms with Gasteiger partial charge < -0.3 is 19.1 Å². The van der Waals surface area contributed by atoms with Gasteiger partial charge in [0.15, 0.2) is 11.5 Å². The van der Waals surface area contributed by atoms with Gasteiger partial charge in [-0.1, -0.05) is 6.07 Å². The van der Waals surface area contributed by atoms with Crippen molar-refractivity contribution in [1.82, 2.24) is 9.80 Å². The van der Waals surface area contributed by atoms with Gasteiger partial charge in [0.2, 0.25) is 5.91 Å². The number of amides is 3. The summed E-state index contributed by atoms with van der Waals surface area (Å²) in [6, 6.07) is 11.3. The summed E-state index contributed by atoms with van der Waals surface area (Å²) in [7, 11) is 2.97. The molecule has 10 heteroatoms. The standard InChI is InChI=1S/C26H26N2O7S/c1-33-19-9-7-18(8-10-19)25(31)35-20-11-6-17(14-21(20)34-2)15-22-24(30)28(26(32)36-22)16-23(29)27-12-4-3-5-13-27/h6-11,14-15H,3-5,12-13,16H2,1-2H3/b22-15-. The van der Waals surface area contributed by atoms with E-state index in [1.165, 1.54) is 14.2 Å². The number of nitrogens with zero attached hydrogens (tertiary/aromatic N) is 2. The zero-order chi connectivity index (χ0) is 25.7. The van der Waals surface area contributed by atoms with Crippen LogP contribution in [0.4, 0.5) is 4.79 Å². The maximum Gasteiger partial charge on any atom is 0.343 e. The van der Waals surface area contributed by atoms with E-state index < -0.39 is 17.1 Å². The average Bonchev–Trinajstić information content (AvgIpc) is 3.17. The van der Waals surface area contributed by atoms with Crippen LogP contribution in [0.25, 0.3) is 6.08 Å². The number of hydrogen-bond donors (Lipinski definition) is 0. The summed E-state index contributed by atoms with van der Waals surface area (Å²) >= 11 is 0.785. The first-order valence-electron chi connectivity index (χ1n) is 11.5. The third kappa shape index (κ3) is 5.71. The lowest BCUT2D eigenvalue weighted by Crippen LogP contribution is -2.44. The predicted octanol–water partition coefficient (Wildman–Crippen LogP) is 3.97. The molecule has 2 aliphatic heterocycles. The lowest BCUT2D eigenvalue weighted by molar-refractivity contribution is -0.136. The summed E-state index contributed by atoms with van der Waals surface area (Å²) in [5.41, 5.74) is 0.915. The Morgan fingerprint density at radius 1 is 0.944 bits per heavy atom. The topological polar surface area (TPSA) is 102 Å². The van der Waals surface area contributed by atoms with Crippen molar-refractivity contribution in [3.8, 4) is 17.2 Å². The van der Waals surface area contributed by atoms with Gasteiger partial charge in [0.25, 0.3) is 11.1 Å². The van der Waals surface area contributed by atoms with Crippen molar-refractivity contribution in [3.63, 3.8) is 0 Å². The van der Waals surface area contributed by atoms with E-state index in [0.717, 1.165) is 35.9 Å². The molecule has 0 atom stereocenters. The van der Waals surface area contributed by atoms with E-state index in [-0.39, 0.29) is 28.9 Å². The molecule has 0 aromatic heterocycles. The number of hydrogen-bond acceptors (Lipinski definition) is 8. The number of piperidine rings is 1. The van der Waals surface area contributed by atoms with E-state index >= 15 is 0 Å². The molecule has 188 valence electrons. The van der Waals surface area contributed by atoms with Crippen molar-refractivity contribution in [2.75, 3.05) is 33.9 Å². The summed E-state index contributed by atoms with van der Waals surface area (Å²) in [6.45, 7) is 1.05. The van der Waals surface area contributed by atoms with Gasteiger partial charge in [-0.15, -0.1) is 0 Å². The minimum Gasteiger partial charge on any atom is -0.497 e. The van der Waals surface area contributed by atoms with Gasteiger partial charge >= 0.3 is 5.97 Å². The first-order valence-corrected chi connectivity index (χ1v) is 12.3. The van der Waals surface area contributed by atoms with Crippen LogP contribution in [0.2, 0.25) is 0 Å². The van der Waals surface area contributed by atoms with Gasteiger partial charge in [0, 0.05) is 13.1 Å². The Morgan fingerprint density at radius 3 is 2.33 bits per heavy atom. The Morgan fingerprint density at radius 2 is 1.67 bits per heavy atom. The van der Waals surface area contributed by atoms with Crippen LogP contribution in [-0.2, 0) is 9.59 Å². The molecule has 3 amide bonds. The molecule has 0 radical (unpaired) electrons. The molecule has 2 aliphatic rings. The highest BCUT2D eigenvalue weighted by Gasteiger charge is 2.37. The summed E-state index contributed by atoms with van der Waals surface area (Å²) in [5.74, 6) is -0.190. The van der Waals surface area contributed by atoms with Crippen molar-refractivity contribution in [1.29, 1.82) is 0 Å². The highest BCUT2D eigenvalue weighted by atomic mass is 32.2. The molecular weight excluding hydrogens is 484 g/mol. The summed E-state index contributed by atoms with van der Waals surface area (Å²) in [5, 5.41) is -0.478. The number of benzene rings is 2. The van der Waals surface area contributed by atoms with Gasteiger partial charge in [0.1, 0.15) is 12.3 Å². The van der Waals surface area contributed by atoms with E-state index in [2.05, 4.69) is 0 Å². The van der Waals surface area contributed by atoms with Gasteiger partial charge in [0.05, 0.1) is 24.7 Å². The fourth-order valence-electron chi connectivity index (χ4n) is 3.91. The van der Waals surface area contributed by atoms with Crippen LogP contribution in [0.1, 0.15) is 35.2 Å². The zero-order valence-corrected chi connectivity index (χ0v) is 20.8. The first kappa shape index (κ1) is 25.3. The lowest BCUT2D eigenvalue weighted by Gasteiger charge is -2.27. The highest BCUT2D eigenvalue weighted by Crippen LogP contribution is 2.35. The smallest absolute Gasteiger partial charge is 0.343 e. The second kappa shape index (κ2) is 11.3. The van der Waals surface area contributed by atoms with Crippen molar-refractivity contribution < 1.29 is 33.4 Å². The molecule has 2 fully saturated rings. The second-order valence-electron chi connectivity index (χ2n) is 8.24. The maximum absolute atomic E-state index is 12.8. The number of ether oxygens (including phenoxy) is 3. The van der Waals surface area contributed by atoms with E-state index in [0.29, 0.717) is 30.0 Å². The maximum atomic E-state index is 12.8. The Kier molecular flexibility index (Phi) is 7.94. The molecule has 2 aromatic carbocycles.